The first-order valence-electron chi connectivity index (χ1n) is 5.97. The van der Waals surface area contributed by atoms with E-state index in [9.17, 15) is 0 Å². The Balaban J connectivity index is 0.00000108. The van der Waals surface area contributed by atoms with Gasteiger partial charge in [0.25, 0.3) is 0 Å². The monoisotopic (exact) mass is 254 g/mol. The van der Waals surface area contributed by atoms with Crippen LogP contribution in [0.2, 0.25) is 0 Å². The van der Waals surface area contributed by atoms with Gasteiger partial charge >= 0.3 is 0 Å². The van der Waals surface area contributed by atoms with Gasteiger partial charge < -0.3 is 15.0 Å². The molecule has 0 spiro atoms. The third kappa shape index (κ3) is 2.41. The van der Waals surface area contributed by atoms with Crippen LogP contribution in [-0.2, 0) is 17.7 Å². The van der Waals surface area contributed by atoms with Crippen molar-refractivity contribution in [3.63, 3.8) is 0 Å². The highest BCUT2D eigenvalue weighted by molar-refractivity contribution is 5.85. The molecule has 2 aliphatic heterocycles. The summed E-state index contributed by atoms with van der Waals surface area (Å²) in [5.74, 6) is 0. The highest BCUT2D eigenvalue weighted by atomic mass is 35.5. The Labute approximate surface area is 109 Å². The fourth-order valence-electron chi connectivity index (χ4n) is 2.46. The Morgan fingerprint density at radius 3 is 2.88 bits per heavy atom. The number of nitrogens with zero attached hydrogens (tertiary/aromatic N) is 1. The molecular weight excluding hydrogens is 236 g/mol. The Kier molecular flexibility index (Phi) is 3.92. The van der Waals surface area contributed by atoms with Gasteiger partial charge in [0.15, 0.2) is 0 Å². The van der Waals surface area contributed by atoms with E-state index in [1.165, 1.54) is 16.8 Å². The van der Waals surface area contributed by atoms with Crippen molar-refractivity contribution < 1.29 is 4.74 Å². The second-order valence-electron chi connectivity index (χ2n) is 4.64. The van der Waals surface area contributed by atoms with Crippen LogP contribution in [0.25, 0.3) is 0 Å². The number of halogens is 1. The fraction of sp³-hybridized carbons (Fsp3) is 0.538. The van der Waals surface area contributed by atoms with E-state index in [4.69, 9.17) is 4.74 Å². The molecular formula is C13H19ClN2O. The number of hydrogen-bond acceptors (Lipinski definition) is 3. The third-order valence-electron chi connectivity index (χ3n) is 3.62. The summed E-state index contributed by atoms with van der Waals surface area (Å²) in [6.45, 7) is 4.19. The molecule has 4 heteroatoms. The zero-order valence-corrected chi connectivity index (χ0v) is 10.9. The molecule has 0 amide bonds. The van der Waals surface area contributed by atoms with E-state index in [0.29, 0.717) is 6.10 Å². The Morgan fingerprint density at radius 2 is 2.12 bits per heavy atom. The number of hydrogen-bond donors (Lipinski definition) is 1. The molecule has 3 nitrogen and oxygen atoms in total. The van der Waals surface area contributed by atoms with Crippen LogP contribution in [-0.4, -0.2) is 32.8 Å². The Hall–Kier alpha value is -0.770. The number of anilines is 1. The largest absolute Gasteiger partial charge is 0.378 e. The fourth-order valence-corrected chi connectivity index (χ4v) is 2.46. The predicted molar refractivity (Wildman–Crippen MR) is 72.1 cm³/mol. The molecule has 1 aromatic carbocycles. The number of nitrogens with one attached hydrogen (secondary N) is 1. The minimum absolute atomic E-state index is 0. The molecule has 1 saturated heterocycles. The first kappa shape index (κ1) is 12.7. The normalized spacial score (nSPS) is 19.2. The van der Waals surface area contributed by atoms with Gasteiger partial charge in [0.1, 0.15) is 0 Å². The lowest BCUT2D eigenvalue weighted by atomic mass is 9.99. The first-order valence-corrected chi connectivity index (χ1v) is 5.97. The number of methoxy groups -OCH3 is 1. The predicted octanol–water partition coefficient (Wildman–Crippen LogP) is 1.59. The van der Waals surface area contributed by atoms with E-state index in [2.05, 4.69) is 28.4 Å². The molecule has 0 atom stereocenters. The van der Waals surface area contributed by atoms with Crippen LogP contribution < -0.4 is 10.2 Å². The molecule has 2 aliphatic rings. The first-order chi connectivity index (χ1) is 7.86. The SMILES string of the molecule is COC1CN(c2ccc3c(c2)CNCC3)C1.Cl. The minimum atomic E-state index is 0. The van der Waals surface area contributed by atoms with E-state index >= 15 is 0 Å². The number of ether oxygens (including phenoxy) is 1. The Bertz CT molecular complexity index is 391. The highest BCUT2D eigenvalue weighted by Gasteiger charge is 2.26. The summed E-state index contributed by atoms with van der Waals surface area (Å²) in [5.41, 5.74) is 4.31. The van der Waals surface area contributed by atoms with Crippen molar-refractivity contribution in [1.29, 1.82) is 0 Å². The molecule has 3 rings (SSSR count). The van der Waals surface area contributed by atoms with Crippen molar-refractivity contribution in [1.82, 2.24) is 5.32 Å². The van der Waals surface area contributed by atoms with Gasteiger partial charge in [-0.2, -0.15) is 0 Å². The summed E-state index contributed by atoms with van der Waals surface area (Å²) in [6.07, 6.45) is 1.59. The molecule has 0 aliphatic carbocycles. The van der Waals surface area contributed by atoms with Gasteiger partial charge in [-0.3, -0.25) is 0 Å². The van der Waals surface area contributed by atoms with Crippen LogP contribution in [0.5, 0.6) is 0 Å². The van der Waals surface area contributed by atoms with Crippen molar-refractivity contribution in [2.45, 2.75) is 19.1 Å². The molecule has 1 aromatic rings. The molecule has 0 aromatic heterocycles. The average Bonchev–Trinajstić information content (AvgIpc) is 2.27. The summed E-state index contributed by atoms with van der Waals surface area (Å²) >= 11 is 0. The van der Waals surface area contributed by atoms with E-state index in [1.54, 1.807) is 7.11 Å². The number of fused-ring (bicyclic) bond motifs is 1. The van der Waals surface area contributed by atoms with E-state index in [0.717, 1.165) is 32.6 Å². The summed E-state index contributed by atoms with van der Waals surface area (Å²) < 4.78 is 5.30. The van der Waals surface area contributed by atoms with Crippen LogP contribution in [0.15, 0.2) is 18.2 Å². The van der Waals surface area contributed by atoms with Crippen molar-refractivity contribution in [3.05, 3.63) is 29.3 Å². The molecule has 1 fully saturated rings. The maximum absolute atomic E-state index is 5.30. The third-order valence-corrected chi connectivity index (χ3v) is 3.62. The van der Waals surface area contributed by atoms with Crippen LogP contribution in [0.1, 0.15) is 11.1 Å². The second-order valence-corrected chi connectivity index (χ2v) is 4.64. The zero-order valence-electron chi connectivity index (χ0n) is 10.1. The smallest absolute Gasteiger partial charge is 0.0920 e. The van der Waals surface area contributed by atoms with Gasteiger partial charge in [0.2, 0.25) is 0 Å². The Morgan fingerprint density at radius 1 is 1.29 bits per heavy atom. The molecule has 1 N–H and O–H groups in total. The second kappa shape index (κ2) is 5.25. The lowest BCUT2D eigenvalue weighted by molar-refractivity contribution is 0.0787. The van der Waals surface area contributed by atoms with E-state index in [1.807, 2.05) is 0 Å². The van der Waals surface area contributed by atoms with Crippen LogP contribution >= 0.6 is 12.4 Å². The van der Waals surface area contributed by atoms with E-state index in [-0.39, 0.29) is 12.4 Å². The lowest BCUT2D eigenvalue weighted by Gasteiger charge is -2.40. The summed E-state index contributed by atoms with van der Waals surface area (Å²) in [7, 11) is 1.79. The molecule has 0 radical (unpaired) electrons. The molecule has 0 unspecified atom stereocenters. The van der Waals surface area contributed by atoms with Gasteiger partial charge in [-0.15, -0.1) is 12.4 Å². The maximum atomic E-state index is 5.30. The van der Waals surface area contributed by atoms with Gasteiger partial charge in [-0.05, 0) is 36.2 Å². The van der Waals surface area contributed by atoms with Crippen LogP contribution in [0.4, 0.5) is 5.69 Å². The minimum Gasteiger partial charge on any atom is -0.378 e. The summed E-state index contributed by atoms with van der Waals surface area (Å²) in [6, 6.07) is 6.86. The molecule has 0 saturated carbocycles. The van der Waals surface area contributed by atoms with Gasteiger partial charge in [-0.1, -0.05) is 6.07 Å². The van der Waals surface area contributed by atoms with Crippen LogP contribution in [0, 0.1) is 0 Å². The molecule has 17 heavy (non-hydrogen) atoms. The highest BCUT2D eigenvalue weighted by Crippen LogP contribution is 2.26. The molecule has 0 bridgehead atoms. The summed E-state index contributed by atoms with van der Waals surface area (Å²) in [4.78, 5) is 2.38. The van der Waals surface area contributed by atoms with Crippen molar-refractivity contribution >= 4 is 18.1 Å². The lowest BCUT2D eigenvalue weighted by Crippen LogP contribution is -2.51. The standard InChI is InChI=1S/C13H18N2O.ClH/c1-16-13-8-15(9-13)12-3-2-10-4-5-14-7-11(10)6-12;/h2-3,6,13-14H,4-5,7-9H2,1H3;1H. The van der Waals surface area contributed by atoms with Crippen molar-refractivity contribution in [2.75, 3.05) is 31.6 Å². The van der Waals surface area contributed by atoms with Gasteiger partial charge in [-0.25, -0.2) is 0 Å². The maximum Gasteiger partial charge on any atom is 0.0920 e. The topological polar surface area (TPSA) is 24.5 Å². The molecule has 2 heterocycles. The quantitative estimate of drug-likeness (QED) is 0.868. The molecule has 94 valence electrons. The van der Waals surface area contributed by atoms with Gasteiger partial charge in [0.05, 0.1) is 6.10 Å². The van der Waals surface area contributed by atoms with E-state index < -0.39 is 0 Å². The van der Waals surface area contributed by atoms with Gasteiger partial charge in [0, 0.05) is 32.4 Å². The zero-order chi connectivity index (χ0) is 11.0. The number of rotatable bonds is 2. The number of benzene rings is 1. The van der Waals surface area contributed by atoms with Crippen molar-refractivity contribution in [2.24, 2.45) is 0 Å². The average molecular weight is 255 g/mol. The summed E-state index contributed by atoms with van der Waals surface area (Å²) in [5, 5.41) is 3.42. The van der Waals surface area contributed by atoms with Crippen molar-refractivity contribution in [3.8, 4) is 0 Å². The van der Waals surface area contributed by atoms with Crippen LogP contribution in [0.3, 0.4) is 0 Å².